The van der Waals surface area contributed by atoms with Gasteiger partial charge in [-0.25, -0.2) is 15.0 Å². The van der Waals surface area contributed by atoms with Crippen LogP contribution < -0.4 is 5.32 Å². The first-order valence-electron chi connectivity index (χ1n) is 8.84. The van der Waals surface area contributed by atoms with Gasteiger partial charge in [-0.2, -0.15) is 5.10 Å². The second kappa shape index (κ2) is 7.13. The molecule has 1 aliphatic rings. The van der Waals surface area contributed by atoms with Crippen molar-refractivity contribution in [2.24, 2.45) is 0 Å². The normalized spacial score (nSPS) is 17.7. The zero-order valence-electron chi connectivity index (χ0n) is 15.3. The van der Waals surface area contributed by atoms with E-state index in [9.17, 15) is 0 Å². The highest BCUT2D eigenvalue weighted by atomic mass is 32.1. The van der Waals surface area contributed by atoms with E-state index in [4.69, 9.17) is 4.98 Å². The number of rotatable bonds is 5. The van der Waals surface area contributed by atoms with Crippen LogP contribution in [0, 0.1) is 20.8 Å². The zero-order chi connectivity index (χ0) is 18.1. The summed E-state index contributed by atoms with van der Waals surface area (Å²) in [6.45, 7) is 9.04. The van der Waals surface area contributed by atoms with Gasteiger partial charge in [0.15, 0.2) is 5.13 Å². The Balaban J connectivity index is 1.47. The molecule has 0 radical (unpaired) electrons. The molecule has 2 N–H and O–H groups in total. The highest BCUT2D eigenvalue weighted by Crippen LogP contribution is 2.29. The van der Waals surface area contributed by atoms with E-state index in [1.165, 1.54) is 4.88 Å². The SMILES string of the molecule is Cc1nc(Nc2nc(C)c(C)s2)cc([C@@H]2CCN(Cc3ccn[nH]3)C2)n1. The Morgan fingerprint density at radius 2 is 2.15 bits per heavy atom. The third-order valence-corrected chi connectivity index (χ3v) is 5.75. The number of H-pyrrole nitrogens is 1. The van der Waals surface area contributed by atoms with Crippen molar-refractivity contribution in [3.05, 3.63) is 46.1 Å². The summed E-state index contributed by atoms with van der Waals surface area (Å²) in [5.74, 6) is 2.05. The molecule has 8 heteroatoms. The van der Waals surface area contributed by atoms with Crippen LogP contribution in [0.3, 0.4) is 0 Å². The number of likely N-dealkylation sites (tertiary alicyclic amines) is 1. The maximum Gasteiger partial charge on any atom is 0.188 e. The lowest BCUT2D eigenvalue weighted by Crippen LogP contribution is -2.20. The topological polar surface area (TPSA) is 82.6 Å². The lowest BCUT2D eigenvalue weighted by atomic mass is 10.0. The molecular formula is C18H23N7S. The van der Waals surface area contributed by atoms with Gasteiger partial charge in [0, 0.05) is 41.8 Å². The second-order valence-electron chi connectivity index (χ2n) is 6.81. The number of anilines is 2. The van der Waals surface area contributed by atoms with Gasteiger partial charge in [-0.1, -0.05) is 0 Å². The average Bonchev–Trinajstić information content (AvgIpc) is 3.31. The molecule has 4 rings (SSSR count). The molecule has 0 aromatic carbocycles. The summed E-state index contributed by atoms with van der Waals surface area (Å²) in [5.41, 5.74) is 3.33. The smallest absolute Gasteiger partial charge is 0.188 e. The van der Waals surface area contributed by atoms with Crippen molar-refractivity contribution >= 4 is 22.3 Å². The first-order valence-corrected chi connectivity index (χ1v) is 9.65. The van der Waals surface area contributed by atoms with E-state index in [2.05, 4.69) is 43.4 Å². The van der Waals surface area contributed by atoms with Crippen LogP contribution >= 0.6 is 11.3 Å². The fourth-order valence-corrected chi connectivity index (χ4v) is 4.15. The minimum Gasteiger partial charge on any atom is -0.316 e. The van der Waals surface area contributed by atoms with E-state index < -0.39 is 0 Å². The van der Waals surface area contributed by atoms with Gasteiger partial charge < -0.3 is 5.32 Å². The van der Waals surface area contributed by atoms with Gasteiger partial charge in [-0.15, -0.1) is 11.3 Å². The maximum absolute atomic E-state index is 4.70. The highest BCUT2D eigenvalue weighted by molar-refractivity contribution is 7.15. The van der Waals surface area contributed by atoms with Crippen LogP contribution in [-0.2, 0) is 6.54 Å². The number of aromatic amines is 1. The summed E-state index contributed by atoms with van der Waals surface area (Å²) in [6.07, 6.45) is 2.91. The van der Waals surface area contributed by atoms with Gasteiger partial charge >= 0.3 is 0 Å². The Bertz CT molecular complexity index is 868. The first-order chi connectivity index (χ1) is 12.6. The third kappa shape index (κ3) is 3.76. The van der Waals surface area contributed by atoms with Crippen LogP contribution in [0.25, 0.3) is 0 Å². The number of aromatic nitrogens is 5. The molecule has 1 atom stereocenters. The molecule has 0 unspecified atom stereocenters. The fraction of sp³-hybridized carbons (Fsp3) is 0.444. The van der Waals surface area contributed by atoms with Crippen LogP contribution in [0.4, 0.5) is 10.9 Å². The third-order valence-electron chi connectivity index (χ3n) is 4.76. The average molecular weight is 369 g/mol. The van der Waals surface area contributed by atoms with Gasteiger partial charge in [0.05, 0.1) is 11.4 Å². The van der Waals surface area contributed by atoms with Gasteiger partial charge in [0.1, 0.15) is 11.6 Å². The van der Waals surface area contributed by atoms with Crippen molar-refractivity contribution in [1.29, 1.82) is 0 Å². The summed E-state index contributed by atoms with van der Waals surface area (Å²) in [7, 11) is 0. The molecule has 0 amide bonds. The Labute approximate surface area is 156 Å². The van der Waals surface area contributed by atoms with Crippen LogP contribution in [0.15, 0.2) is 18.3 Å². The molecule has 26 heavy (non-hydrogen) atoms. The summed E-state index contributed by atoms with van der Waals surface area (Å²) in [4.78, 5) is 17.4. The van der Waals surface area contributed by atoms with E-state index >= 15 is 0 Å². The van der Waals surface area contributed by atoms with Crippen LogP contribution in [0.5, 0.6) is 0 Å². The van der Waals surface area contributed by atoms with Gasteiger partial charge in [0.2, 0.25) is 0 Å². The Hall–Kier alpha value is -2.32. The lowest BCUT2D eigenvalue weighted by molar-refractivity contribution is 0.322. The summed E-state index contributed by atoms with van der Waals surface area (Å²) in [5, 5.41) is 11.3. The summed E-state index contributed by atoms with van der Waals surface area (Å²) < 4.78 is 0. The Morgan fingerprint density at radius 1 is 1.27 bits per heavy atom. The molecule has 0 bridgehead atoms. The molecule has 1 aliphatic heterocycles. The van der Waals surface area contributed by atoms with E-state index in [0.29, 0.717) is 5.92 Å². The van der Waals surface area contributed by atoms with Crippen LogP contribution in [0.1, 0.15) is 40.1 Å². The fourth-order valence-electron chi connectivity index (χ4n) is 3.33. The number of aryl methyl sites for hydroxylation is 3. The maximum atomic E-state index is 4.70. The van der Waals surface area contributed by atoms with Crippen molar-refractivity contribution in [2.45, 2.75) is 39.7 Å². The van der Waals surface area contributed by atoms with Crippen molar-refractivity contribution in [1.82, 2.24) is 30.0 Å². The van der Waals surface area contributed by atoms with Gasteiger partial charge in [-0.3, -0.25) is 10.00 Å². The minimum absolute atomic E-state index is 0.430. The van der Waals surface area contributed by atoms with Crippen molar-refractivity contribution in [3.63, 3.8) is 0 Å². The summed E-state index contributed by atoms with van der Waals surface area (Å²) >= 11 is 1.66. The standard InChI is InChI=1S/C18H23N7S/c1-11-12(2)26-18(20-11)23-17-8-16(21-13(3)22-17)14-5-7-25(9-14)10-15-4-6-19-24-15/h4,6,8,14H,5,7,9-10H2,1-3H3,(H,19,24)(H,20,21,22,23)/t14-/m1/s1. The second-order valence-corrected chi connectivity index (χ2v) is 8.02. The predicted molar refractivity (Wildman–Crippen MR) is 103 cm³/mol. The molecule has 0 saturated carbocycles. The van der Waals surface area contributed by atoms with Crippen molar-refractivity contribution < 1.29 is 0 Å². The zero-order valence-corrected chi connectivity index (χ0v) is 16.1. The largest absolute Gasteiger partial charge is 0.316 e. The molecule has 3 aromatic rings. The molecule has 1 fully saturated rings. The molecular weight excluding hydrogens is 346 g/mol. The van der Waals surface area contributed by atoms with E-state index in [-0.39, 0.29) is 0 Å². The van der Waals surface area contributed by atoms with Crippen LogP contribution in [0.2, 0.25) is 0 Å². The van der Waals surface area contributed by atoms with E-state index in [1.807, 2.05) is 19.9 Å². The molecule has 0 spiro atoms. The van der Waals surface area contributed by atoms with E-state index in [1.54, 1.807) is 17.5 Å². The Kier molecular flexibility index (Phi) is 4.69. The van der Waals surface area contributed by atoms with Crippen molar-refractivity contribution in [3.8, 4) is 0 Å². The van der Waals surface area contributed by atoms with Gasteiger partial charge in [-0.05, 0) is 39.8 Å². The molecule has 1 saturated heterocycles. The number of hydrogen-bond acceptors (Lipinski definition) is 7. The number of nitrogens with zero attached hydrogens (tertiary/aromatic N) is 5. The molecule has 4 heterocycles. The lowest BCUT2D eigenvalue weighted by Gasteiger charge is -2.15. The number of nitrogens with one attached hydrogen (secondary N) is 2. The van der Waals surface area contributed by atoms with E-state index in [0.717, 1.165) is 59.9 Å². The predicted octanol–water partition coefficient (Wildman–Crippen LogP) is 3.31. The number of hydrogen-bond donors (Lipinski definition) is 2. The summed E-state index contributed by atoms with van der Waals surface area (Å²) in [6, 6.07) is 4.10. The molecule has 7 nitrogen and oxygen atoms in total. The molecule has 0 aliphatic carbocycles. The monoisotopic (exact) mass is 369 g/mol. The van der Waals surface area contributed by atoms with Crippen LogP contribution in [-0.4, -0.2) is 43.1 Å². The molecule has 136 valence electrons. The Morgan fingerprint density at radius 3 is 2.88 bits per heavy atom. The first kappa shape index (κ1) is 17.1. The minimum atomic E-state index is 0.430. The number of thiazole rings is 1. The van der Waals surface area contributed by atoms with Crippen molar-refractivity contribution in [2.75, 3.05) is 18.4 Å². The van der Waals surface area contributed by atoms with Gasteiger partial charge in [0.25, 0.3) is 0 Å². The quantitative estimate of drug-likeness (QED) is 0.718. The molecule has 3 aromatic heterocycles. The highest BCUT2D eigenvalue weighted by Gasteiger charge is 2.26.